The number of carbonyl (C=O) groups excluding carboxylic acids is 11. The number of methoxy groups -OCH3 is 1. The minimum atomic E-state index is -1.59. The van der Waals surface area contributed by atoms with Crippen molar-refractivity contribution in [3.8, 4) is 5.75 Å². The van der Waals surface area contributed by atoms with Gasteiger partial charge in [-0.15, -0.1) is 0 Å². The molecule has 2 aliphatic heterocycles. The Morgan fingerprint density at radius 3 is 1.60 bits per heavy atom. The Labute approximate surface area is 511 Å². The highest BCUT2D eigenvalue weighted by atomic mass is 16.6. The van der Waals surface area contributed by atoms with Gasteiger partial charge in [0.1, 0.15) is 59.7 Å². The van der Waals surface area contributed by atoms with E-state index in [0.29, 0.717) is 37.0 Å². The summed E-state index contributed by atoms with van der Waals surface area (Å²) < 4.78 is 17.0. The number of piperidine rings is 1. The second-order valence-electron chi connectivity index (χ2n) is 25.7. The first-order chi connectivity index (χ1) is 39.9. The van der Waals surface area contributed by atoms with Crippen molar-refractivity contribution in [1.29, 1.82) is 0 Å². The van der Waals surface area contributed by atoms with Crippen molar-refractivity contribution < 1.29 is 67.0 Å². The minimum absolute atomic E-state index is 0.0860. The molecule has 86 heavy (non-hydrogen) atoms. The average molecular weight is 1210 g/mol. The van der Waals surface area contributed by atoms with Crippen LogP contribution in [-0.2, 0) is 68.6 Å². The van der Waals surface area contributed by atoms with Crippen LogP contribution in [0.5, 0.6) is 5.75 Å². The molecule has 3 rings (SSSR count). The van der Waals surface area contributed by atoms with Crippen LogP contribution in [0.1, 0.15) is 141 Å². The molecule has 11 atom stereocenters. The lowest BCUT2D eigenvalue weighted by Gasteiger charge is -2.42. The Kier molecular flexibility index (Phi) is 27.1. The fraction of sp³-hybridized carbons (Fsp3) is 0.730. The summed E-state index contributed by atoms with van der Waals surface area (Å²) in [6, 6.07) is -3.39. The molecule has 23 heteroatoms. The van der Waals surface area contributed by atoms with Crippen LogP contribution in [0.3, 0.4) is 0 Å². The number of hydrogen-bond donors (Lipinski definition) is 1. The number of carbonyl (C=O) groups is 11. The van der Waals surface area contributed by atoms with Gasteiger partial charge in [-0.05, 0) is 94.2 Å². The van der Waals surface area contributed by atoms with E-state index in [1.54, 1.807) is 100 Å². The minimum Gasteiger partial charge on any atom is -0.497 e. The molecule has 2 saturated heterocycles. The molecule has 0 radical (unpaired) electrons. The molecule has 0 unspecified atom stereocenters. The smallest absolute Gasteiger partial charge is 0.329 e. The molecule has 1 aromatic carbocycles. The van der Waals surface area contributed by atoms with E-state index < -0.39 is 168 Å². The molecule has 1 N–H and O–H groups in total. The molecular weight excluding hydrogens is 1110 g/mol. The average Bonchev–Trinajstić information content (AvgIpc) is 1.42. The molecule has 23 nitrogen and oxygen atoms in total. The molecule has 0 aromatic heterocycles. The number of fused-ring (bicyclic) bond motifs is 1. The first-order valence-corrected chi connectivity index (χ1v) is 30.4. The Balaban J connectivity index is 2.37. The fourth-order valence-electron chi connectivity index (χ4n) is 11.5. The van der Waals surface area contributed by atoms with Gasteiger partial charge in [-0.25, -0.2) is 4.79 Å². The quantitative estimate of drug-likeness (QED) is 0.287. The molecule has 0 spiro atoms. The van der Waals surface area contributed by atoms with Crippen LogP contribution in [0.25, 0.3) is 0 Å². The highest BCUT2D eigenvalue weighted by Gasteiger charge is 2.47. The lowest BCUT2D eigenvalue weighted by Crippen LogP contribution is -2.63. The third-order valence-corrected chi connectivity index (χ3v) is 17.0. The molecule has 2 heterocycles. The molecule has 0 bridgehead atoms. The van der Waals surface area contributed by atoms with Crippen LogP contribution in [0, 0.1) is 29.6 Å². The number of cyclic esters (lactones) is 1. The summed E-state index contributed by atoms with van der Waals surface area (Å²) in [6.07, 6.45) is -0.154. The molecule has 2 aliphatic rings. The van der Waals surface area contributed by atoms with Crippen molar-refractivity contribution in [2.45, 2.75) is 202 Å². The van der Waals surface area contributed by atoms with Crippen LogP contribution in [0.15, 0.2) is 24.3 Å². The monoisotopic (exact) mass is 1210 g/mol. The van der Waals surface area contributed by atoms with Crippen molar-refractivity contribution in [3.63, 3.8) is 0 Å². The zero-order valence-electron chi connectivity index (χ0n) is 55.5. The van der Waals surface area contributed by atoms with Gasteiger partial charge >= 0.3 is 11.9 Å². The predicted octanol–water partition coefficient (Wildman–Crippen LogP) is 4.26. The number of nitrogens with one attached hydrogen (secondary N) is 1. The Bertz CT molecular complexity index is 2570. The predicted molar refractivity (Wildman–Crippen MR) is 324 cm³/mol. The van der Waals surface area contributed by atoms with Crippen molar-refractivity contribution in [1.82, 2.24) is 44.5 Å². The first kappa shape index (κ1) is 73.4. The summed E-state index contributed by atoms with van der Waals surface area (Å²) in [6.45, 7) is 23.4. The van der Waals surface area contributed by atoms with Crippen LogP contribution in [0.2, 0.25) is 0 Å². The van der Waals surface area contributed by atoms with Gasteiger partial charge in [0, 0.05) is 62.3 Å². The molecule has 2 fully saturated rings. The number of nitrogens with zero attached hydrogens (tertiary/aromatic N) is 8. The maximum atomic E-state index is 15.3. The number of likely N-dealkylation sites (N-methyl/N-ethyl adjacent to an activating group) is 7. The number of ether oxygens (including phenoxy) is 3. The Hall–Kier alpha value is -6.81. The molecule has 484 valence electrons. The van der Waals surface area contributed by atoms with Gasteiger partial charge in [-0.2, -0.15) is 0 Å². The number of hydrogen-bond acceptors (Lipinski definition) is 14. The van der Waals surface area contributed by atoms with Gasteiger partial charge in [-0.1, -0.05) is 94.2 Å². The SMILES string of the molecule is CC[C@H](C)[C@H]1C(=O)N(C)CC(=O)N(C)[C@@H](C(C)C)C(=O)N(C)[C@@H](Cc2ccc(OC)cc2)C(=O)O[C@H](C)C(=O)N2CCCC[C@H]2C(=O)N(C)[C@@H](C(C)C)C(=O)N[C@@H](C(C)C)C(=O)N(C)[C@@H](CC(=O)OC(C)(C)C)C(=O)N(C)[C@@H]([C@@H](C)CC)C(=O)N1C. The maximum Gasteiger partial charge on any atom is 0.329 e. The van der Waals surface area contributed by atoms with E-state index in [0.717, 1.165) is 4.90 Å². The van der Waals surface area contributed by atoms with Crippen molar-refractivity contribution >= 4 is 65.1 Å². The summed E-state index contributed by atoms with van der Waals surface area (Å²) in [5.74, 6) is -10.1. The number of rotatable bonds is 12. The van der Waals surface area contributed by atoms with Crippen molar-refractivity contribution in [2.75, 3.05) is 69.5 Å². The standard InChI is InChI=1S/C63H103N9O14/c1-23-39(9)52-59(80)65(15)35-47(73)68(18)51(38(7)8)60(81)67(17)46(33-42-28-30-43(84-22)31-29-42)62(83)85-41(11)55(76)72-32-26-25-27-44(72)56(77)69(19)50(37(5)6)54(75)64-49(36(3)4)58(79)66(16)45(34-48(74)86-63(12,13)14)57(78)70(20)53(40(10)24-2)61(82)71(52)21/h28-31,36-41,44-46,49-53H,23-27,32-35H2,1-22H3,(H,64,75)/t39-,40-,41+,44-,45-,46-,49-,50-,51-,52-,53-/m0/s1. The van der Waals surface area contributed by atoms with E-state index in [1.807, 2.05) is 13.8 Å². The summed E-state index contributed by atoms with van der Waals surface area (Å²) in [5.41, 5.74) is -0.395. The highest BCUT2D eigenvalue weighted by Crippen LogP contribution is 2.28. The van der Waals surface area contributed by atoms with Gasteiger partial charge in [0.05, 0.1) is 20.1 Å². The molecule has 9 amide bonds. The van der Waals surface area contributed by atoms with E-state index in [-0.39, 0.29) is 19.4 Å². The molecular formula is C63H103N9O14. The van der Waals surface area contributed by atoms with Gasteiger partial charge in [0.25, 0.3) is 5.91 Å². The third-order valence-electron chi connectivity index (χ3n) is 17.0. The van der Waals surface area contributed by atoms with E-state index in [2.05, 4.69) is 5.32 Å². The summed E-state index contributed by atoms with van der Waals surface area (Å²) in [4.78, 5) is 172. The maximum absolute atomic E-state index is 15.3. The van der Waals surface area contributed by atoms with Gasteiger partial charge < -0.3 is 58.7 Å². The summed E-state index contributed by atoms with van der Waals surface area (Å²) in [5, 5.41) is 2.86. The van der Waals surface area contributed by atoms with Gasteiger partial charge in [0.2, 0.25) is 47.3 Å². The Morgan fingerprint density at radius 1 is 0.605 bits per heavy atom. The zero-order valence-corrected chi connectivity index (χ0v) is 55.5. The van der Waals surface area contributed by atoms with Crippen molar-refractivity contribution in [3.05, 3.63) is 29.8 Å². The van der Waals surface area contributed by atoms with Gasteiger partial charge in [-0.3, -0.25) is 47.9 Å². The zero-order chi connectivity index (χ0) is 65.7. The summed E-state index contributed by atoms with van der Waals surface area (Å²) in [7, 11) is 11.4. The van der Waals surface area contributed by atoms with Gasteiger partial charge in [0.15, 0.2) is 6.10 Å². The second kappa shape index (κ2) is 31.7. The van der Waals surface area contributed by atoms with Crippen LogP contribution in [0.4, 0.5) is 0 Å². The number of amides is 9. The van der Waals surface area contributed by atoms with E-state index in [4.69, 9.17) is 14.2 Å². The normalized spacial score (nSPS) is 26.1. The third kappa shape index (κ3) is 18.1. The molecule has 1 aromatic rings. The molecule has 0 saturated carbocycles. The van der Waals surface area contributed by atoms with E-state index >= 15 is 14.4 Å². The Morgan fingerprint density at radius 2 is 1.10 bits per heavy atom. The molecule has 0 aliphatic carbocycles. The van der Waals surface area contributed by atoms with Crippen molar-refractivity contribution in [2.24, 2.45) is 29.6 Å². The van der Waals surface area contributed by atoms with Crippen LogP contribution >= 0.6 is 0 Å². The van der Waals surface area contributed by atoms with Crippen LogP contribution < -0.4 is 10.1 Å². The first-order valence-electron chi connectivity index (χ1n) is 30.4. The summed E-state index contributed by atoms with van der Waals surface area (Å²) >= 11 is 0. The number of benzene rings is 1. The second-order valence-corrected chi connectivity index (χ2v) is 25.7. The fourth-order valence-corrected chi connectivity index (χ4v) is 11.5. The highest BCUT2D eigenvalue weighted by molar-refractivity contribution is 5.99. The lowest BCUT2D eigenvalue weighted by atomic mass is 9.92. The lowest BCUT2D eigenvalue weighted by molar-refractivity contribution is -0.169. The van der Waals surface area contributed by atoms with Crippen LogP contribution in [-0.4, -0.2) is 234 Å². The largest absolute Gasteiger partial charge is 0.497 e. The van der Waals surface area contributed by atoms with E-state index in [9.17, 15) is 38.4 Å². The topological polar surface area (TPSA) is 253 Å². The number of esters is 2. The van der Waals surface area contributed by atoms with E-state index in [1.165, 1.54) is 97.7 Å².